The molecule has 0 spiro atoms. The topological polar surface area (TPSA) is 4.93 Å². The van der Waals surface area contributed by atoms with Gasteiger partial charge in [-0.05, 0) is 46.5 Å². The van der Waals surface area contributed by atoms with Gasteiger partial charge in [0, 0.05) is 53.8 Å². The molecule has 2 heterocycles. The fourth-order valence-electron chi connectivity index (χ4n) is 7.01. The summed E-state index contributed by atoms with van der Waals surface area (Å²) in [4.78, 5) is 0. The molecule has 0 saturated heterocycles. The maximum Gasteiger partial charge on any atom is 0.0571 e. The predicted molar refractivity (Wildman–Crippen MR) is 186 cm³/mol. The quantitative estimate of drug-likeness (QED) is 0.163. The van der Waals surface area contributed by atoms with Gasteiger partial charge in [-0.25, -0.2) is 0 Å². The van der Waals surface area contributed by atoms with E-state index in [1.165, 1.54) is 113 Å². The van der Waals surface area contributed by atoms with Crippen molar-refractivity contribution in [1.82, 2.24) is 4.57 Å². The maximum absolute atomic E-state index is 2.65. The highest BCUT2D eigenvalue weighted by Gasteiger charge is 2.17. The zero-order valence-corrected chi connectivity index (χ0v) is 25.0. The van der Waals surface area contributed by atoms with Gasteiger partial charge in [-0.1, -0.05) is 130 Å². The molecule has 0 aliphatic carbocycles. The van der Waals surface area contributed by atoms with Crippen molar-refractivity contribution in [2.45, 2.75) is 52.0 Å². The van der Waals surface area contributed by atoms with Gasteiger partial charge in [0.05, 0.1) is 5.52 Å². The fourth-order valence-corrected chi connectivity index (χ4v) is 8.24. The first kappa shape index (κ1) is 25.6. The summed E-state index contributed by atoms with van der Waals surface area (Å²) >= 11 is 1.93. The second kappa shape index (κ2) is 10.6. The summed E-state index contributed by atoms with van der Waals surface area (Å²) in [6.45, 7) is 3.35. The SMILES string of the molecule is CCCCCCCCn1c2cc(-c3ccc4ccccc4c3)ccc2c2ccc3c(ccc4c5ccccc5sc43)c21. The van der Waals surface area contributed by atoms with Crippen LogP contribution in [0.4, 0.5) is 0 Å². The summed E-state index contributed by atoms with van der Waals surface area (Å²) in [5, 5.41) is 10.8. The Hall–Kier alpha value is -4.14. The van der Waals surface area contributed by atoms with E-state index in [0.29, 0.717) is 0 Å². The lowest BCUT2D eigenvalue weighted by atomic mass is 9.99. The first-order valence-corrected chi connectivity index (χ1v) is 16.4. The first-order chi connectivity index (χ1) is 20.8. The molecule has 0 aliphatic rings. The third kappa shape index (κ3) is 4.20. The lowest BCUT2D eigenvalue weighted by Gasteiger charge is -2.11. The van der Waals surface area contributed by atoms with Crippen LogP contribution in [0, 0.1) is 0 Å². The van der Waals surface area contributed by atoms with Crippen molar-refractivity contribution in [3.63, 3.8) is 0 Å². The van der Waals surface area contributed by atoms with Crippen molar-refractivity contribution in [2.24, 2.45) is 0 Å². The second-order valence-electron chi connectivity index (χ2n) is 11.8. The average molecular weight is 562 g/mol. The standard InChI is InChI=1S/C40H35NS/c1-2-3-4-5-6-11-24-41-37-26-30(29-17-16-27-12-7-8-13-28(27)25-29)18-19-31(37)33-20-23-36-34(39(33)41)21-22-35-32-14-9-10-15-38(32)42-40(35)36/h7-10,12-23,25-26H,2-6,11,24H2,1H3. The molecule has 2 heteroatoms. The Balaban J connectivity index is 1.33. The van der Waals surface area contributed by atoms with Gasteiger partial charge in [0.1, 0.15) is 0 Å². The Morgan fingerprint density at radius 2 is 1.17 bits per heavy atom. The van der Waals surface area contributed by atoms with E-state index in [-0.39, 0.29) is 0 Å². The summed E-state index contributed by atoms with van der Waals surface area (Å²) in [5.74, 6) is 0. The van der Waals surface area contributed by atoms with E-state index in [4.69, 9.17) is 0 Å². The molecular formula is C40H35NS. The lowest BCUT2D eigenvalue weighted by molar-refractivity contribution is 0.571. The number of fused-ring (bicyclic) bond motifs is 10. The van der Waals surface area contributed by atoms with Gasteiger partial charge in [-0.3, -0.25) is 0 Å². The zero-order chi connectivity index (χ0) is 28.0. The van der Waals surface area contributed by atoms with Crippen molar-refractivity contribution < 1.29 is 0 Å². The molecule has 2 aromatic heterocycles. The number of rotatable bonds is 8. The molecule has 0 unspecified atom stereocenters. The van der Waals surface area contributed by atoms with Crippen LogP contribution in [0.3, 0.4) is 0 Å². The van der Waals surface area contributed by atoms with Gasteiger partial charge in [-0.2, -0.15) is 0 Å². The van der Waals surface area contributed by atoms with Gasteiger partial charge in [0.2, 0.25) is 0 Å². The smallest absolute Gasteiger partial charge is 0.0571 e. The molecule has 0 atom stereocenters. The molecule has 206 valence electrons. The highest BCUT2D eigenvalue weighted by Crippen LogP contribution is 2.43. The van der Waals surface area contributed by atoms with Gasteiger partial charge < -0.3 is 4.57 Å². The molecule has 1 nitrogen and oxygen atoms in total. The molecule has 0 saturated carbocycles. The fraction of sp³-hybridized carbons (Fsp3) is 0.200. The molecule has 0 radical (unpaired) electrons. The Kier molecular flexibility index (Phi) is 6.45. The van der Waals surface area contributed by atoms with E-state index in [9.17, 15) is 0 Å². The summed E-state index contributed by atoms with van der Waals surface area (Å²) in [6, 6.07) is 41.0. The van der Waals surface area contributed by atoms with Gasteiger partial charge >= 0.3 is 0 Å². The minimum atomic E-state index is 1.05. The summed E-state index contributed by atoms with van der Waals surface area (Å²) in [6.07, 6.45) is 7.82. The Labute approximate surface area is 251 Å². The number of hydrogen-bond acceptors (Lipinski definition) is 1. The van der Waals surface area contributed by atoms with E-state index in [1.807, 2.05) is 11.3 Å². The Morgan fingerprint density at radius 1 is 0.524 bits per heavy atom. The van der Waals surface area contributed by atoms with Crippen LogP contribution in [0.2, 0.25) is 0 Å². The summed E-state index contributed by atoms with van der Waals surface area (Å²) < 4.78 is 5.42. The normalized spacial score (nSPS) is 12.1. The van der Waals surface area contributed by atoms with Crippen LogP contribution in [-0.4, -0.2) is 4.57 Å². The van der Waals surface area contributed by atoms with Crippen LogP contribution in [0.25, 0.3) is 74.6 Å². The highest BCUT2D eigenvalue weighted by atomic mass is 32.1. The number of hydrogen-bond donors (Lipinski definition) is 0. The average Bonchev–Trinajstić information content (AvgIpc) is 3.58. The van der Waals surface area contributed by atoms with Crippen LogP contribution < -0.4 is 0 Å². The van der Waals surface area contributed by atoms with Crippen LogP contribution in [-0.2, 0) is 6.54 Å². The summed E-state index contributed by atoms with van der Waals surface area (Å²) in [7, 11) is 0. The molecule has 42 heavy (non-hydrogen) atoms. The molecule has 0 amide bonds. The minimum Gasteiger partial charge on any atom is -0.340 e. The van der Waals surface area contributed by atoms with E-state index in [1.54, 1.807) is 0 Å². The van der Waals surface area contributed by atoms with E-state index < -0.39 is 0 Å². The van der Waals surface area contributed by atoms with Crippen LogP contribution in [0.5, 0.6) is 0 Å². The number of thiophene rings is 1. The Bertz CT molecular complexity index is 2250. The van der Waals surface area contributed by atoms with Crippen molar-refractivity contribution in [3.8, 4) is 11.1 Å². The monoisotopic (exact) mass is 561 g/mol. The van der Waals surface area contributed by atoms with Gasteiger partial charge in [0.15, 0.2) is 0 Å². The molecule has 8 rings (SSSR count). The maximum atomic E-state index is 2.65. The predicted octanol–water partition coefficient (Wildman–Crippen LogP) is 12.5. The third-order valence-electron chi connectivity index (χ3n) is 9.18. The van der Waals surface area contributed by atoms with Crippen molar-refractivity contribution in [2.75, 3.05) is 0 Å². The molecule has 8 aromatic rings. The van der Waals surface area contributed by atoms with Crippen molar-refractivity contribution in [1.29, 1.82) is 0 Å². The third-order valence-corrected chi connectivity index (χ3v) is 10.4. The number of benzene rings is 6. The number of unbranched alkanes of at least 4 members (excludes halogenated alkanes) is 5. The van der Waals surface area contributed by atoms with Gasteiger partial charge in [-0.15, -0.1) is 11.3 Å². The zero-order valence-electron chi connectivity index (χ0n) is 24.2. The van der Waals surface area contributed by atoms with Crippen LogP contribution in [0.1, 0.15) is 45.4 Å². The lowest BCUT2D eigenvalue weighted by Crippen LogP contribution is -1.98. The Morgan fingerprint density at radius 3 is 2.05 bits per heavy atom. The van der Waals surface area contributed by atoms with Crippen molar-refractivity contribution >= 4 is 74.9 Å². The molecule has 0 N–H and O–H groups in total. The molecule has 0 bridgehead atoms. The number of aromatic nitrogens is 1. The number of aryl methyl sites for hydroxylation is 1. The van der Waals surface area contributed by atoms with Gasteiger partial charge in [0.25, 0.3) is 0 Å². The van der Waals surface area contributed by atoms with E-state index >= 15 is 0 Å². The molecule has 6 aromatic carbocycles. The number of nitrogens with zero attached hydrogens (tertiary/aromatic N) is 1. The van der Waals surface area contributed by atoms with E-state index in [0.717, 1.165) is 6.54 Å². The van der Waals surface area contributed by atoms with Crippen LogP contribution >= 0.6 is 11.3 Å². The summed E-state index contributed by atoms with van der Waals surface area (Å²) in [5.41, 5.74) is 5.32. The van der Waals surface area contributed by atoms with Crippen LogP contribution in [0.15, 0.2) is 109 Å². The van der Waals surface area contributed by atoms with Crippen molar-refractivity contribution in [3.05, 3.63) is 109 Å². The van der Waals surface area contributed by atoms with E-state index in [2.05, 4.69) is 121 Å². The second-order valence-corrected chi connectivity index (χ2v) is 12.9. The molecular weight excluding hydrogens is 527 g/mol. The molecule has 0 aliphatic heterocycles. The highest BCUT2D eigenvalue weighted by molar-refractivity contribution is 7.26. The first-order valence-electron chi connectivity index (χ1n) is 15.6. The largest absolute Gasteiger partial charge is 0.340 e. The molecule has 0 fully saturated rings. The minimum absolute atomic E-state index is 1.05.